The molecule has 3 rings (SSSR count). The van der Waals surface area contributed by atoms with Crippen LogP contribution in [0.25, 0.3) is 0 Å². The Morgan fingerprint density at radius 1 is 1.26 bits per heavy atom. The van der Waals surface area contributed by atoms with Crippen molar-refractivity contribution < 1.29 is 14.7 Å². The fourth-order valence-electron chi connectivity index (χ4n) is 3.23. The molecule has 1 aromatic rings. The minimum Gasteiger partial charge on any atom is -0.481 e. The van der Waals surface area contributed by atoms with E-state index in [-0.39, 0.29) is 18.0 Å². The SMILES string of the molecule is CC(C)(C)n1nc(C(=O)N2CCCC(C(=O)O)C2)cc1C1CC1. The standard InChI is InChI=1S/C17H25N3O3/c1-17(2,3)20-14(11-6-7-11)9-13(18-20)15(21)19-8-4-5-12(10-19)16(22)23/h9,11-12H,4-8,10H2,1-3H3,(H,22,23). The van der Waals surface area contributed by atoms with Crippen molar-refractivity contribution >= 4 is 11.9 Å². The van der Waals surface area contributed by atoms with Crippen LogP contribution < -0.4 is 0 Å². The highest BCUT2D eigenvalue weighted by atomic mass is 16.4. The molecule has 1 saturated carbocycles. The Labute approximate surface area is 136 Å². The lowest BCUT2D eigenvalue weighted by Gasteiger charge is -2.30. The third kappa shape index (κ3) is 3.26. The number of amides is 1. The minimum atomic E-state index is -0.818. The molecule has 0 spiro atoms. The predicted molar refractivity (Wildman–Crippen MR) is 85.5 cm³/mol. The van der Waals surface area contributed by atoms with E-state index in [1.807, 2.05) is 10.7 Å². The maximum atomic E-state index is 12.8. The molecule has 2 fully saturated rings. The molecule has 1 aromatic heterocycles. The zero-order valence-corrected chi connectivity index (χ0v) is 14.1. The first kappa shape index (κ1) is 16.0. The first-order valence-corrected chi connectivity index (χ1v) is 8.40. The van der Waals surface area contributed by atoms with Crippen LogP contribution in [0.5, 0.6) is 0 Å². The van der Waals surface area contributed by atoms with Crippen LogP contribution in [0.3, 0.4) is 0 Å². The molecule has 1 aliphatic heterocycles. The van der Waals surface area contributed by atoms with Crippen molar-refractivity contribution in [3.63, 3.8) is 0 Å². The largest absolute Gasteiger partial charge is 0.481 e. The van der Waals surface area contributed by atoms with Crippen LogP contribution in [-0.4, -0.2) is 44.8 Å². The second-order valence-electron chi connectivity index (χ2n) is 7.74. The number of hydrogen-bond acceptors (Lipinski definition) is 3. The second-order valence-corrected chi connectivity index (χ2v) is 7.74. The van der Waals surface area contributed by atoms with E-state index in [1.54, 1.807) is 4.90 Å². The van der Waals surface area contributed by atoms with Gasteiger partial charge in [-0.25, -0.2) is 0 Å². The summed E-state index contributed by atoms with van der Waals surface area (Å²) in [6.45, 7) is 7.16. The molecule has 6 heteroatoms. The van der Waals surface area contributed by atoms with E-state index >= 15 is 0 Å². The van der Waals surface area contributed by atoms with Crippen LogP contribution in [0.2, 0.25) is 0 Å². The summed E-state index contributed by atoms with van der Waals surface area (Å²) in [7, 11) is 0. The van der Waals surface area contributed by atoms with Gasteiger partial charge in [0, 0.05) is 24.7 Å². The van der Waals surface area contributed by atoms with Crippen LogP contribution >= 0.6 is 0 Å². The van der Waals surface area contributed by atoms with Crippen molar-refractivity contribution in [2.75, 3.05) is 13.1 Å². The van der Waals surface area contributed by atoms with E-state index in [4.69, 9.17) is 0 Å². The molecule has 126 valence electrons. The molecular formula is C17H25N3O3. The van der Waals surface area contributed by atoms with Gasteiger partial charge in [-0.2, -0.15) is 5.10 Å². The fraction of sp³-hybridized carbons (Fsp3) is 0.706. The van der Waals surface area contributed by atoms with Crippen molar-refractivity contribution in [2.45, 2.75) is 57.9 Å². The van der Waals surface area contributed by atoms with Gasteiger partial charge in [0.1, 0.15) is 0 Å². The fourth-order valence-corrected chi connectivity index (χ4v) is 3.23. The Balaban J connectivity index is 1.83. The molecule has 2 aliphatic rings. The number of carbonyl (C=O) groups is 2. The van der Waals surface area contributed by atoms with E-state index in [0.29, 0.717) is 24.6 Å². The zero-order chi connectivity index (χ0) is 16.8. The number of hydrogen-bond donors (Lipinski definition) is 1. The van der Waals surface area contributed by atoms with Gasteiger partial charge >= 0.3 is 5.97 Å². The summed E-state index contributed by atoms with van der Waals surface area (Å²) in [5.41, 5.74) is 1.42. The van der Waals surface area contributed by atoms with Crippen LogP contribution in [-0.2, 0) is 10.3 Å². The lowest BCUT2D eigenvalue weighted by Crippen LogP contribution is -2.42. The smallest absolute Gasteiger partial charge is 0.308 e. The van der Waals surface area contributed by atoms with Crippen molar-refractivity contribution in [2.24, 2.45) is 5.92 Å². The van der Waals surface area contributed by atoms with Gasteiger partial charge in [-0.3, -0.25) is 14.3 Å². The number of carboxylic acid groups (broad SMARTS) is 1. The van der Waals surface area contributed by atoms with Crippen LogP contribution in [0.1, 0.15) is 68.6 Å². The molecule has 1 saturated heterocycles. The van der Waals surface area contributed by atoms with Crippen molar-refractivity contribution in [3.8, 4) is 0 Å². The van der Waals surface area contributed by atoms with Gasteiger partial charge in [-0.15, -0.1) is 0 Å². The first-order valence-electron chi connectivity index (χ1n) is 8.40. The summed E-state index contributed by atoms with van der Waals surface area (Å²) in [5, 5.41) is 13.8. The highest BCUT2D eigenvalue weighted by molar-refractivity contribution is 5.93. The Hall–Kier alpha value is -1.85. The summed E-state index contributed by atoms with van der Waals surface area (Å²) in [6.07, 6.45) is 3.68. The number of likely N-dealkylation sites (tertiary alicyclic amines) is 1. The van der Waals surface area contributed by atoms with Gasteiger partial charge in [0.25, 0.3) is 5.91 Å². The number of carboxylic acids is 1. The molecule has 1 atom stereocenters. The number of aliphatic carboxylic acids is 1. The summed E-state index contributed by atoms with van der Waals surface area (Å²) in [6, 6.07) is 1.91. The molecule has 1 unspecified atom stereocenters. The average molecular weight is 319 g/mol. The van der Waals surface area contributed by atoms with Crippen molar-refractivity contribution in [1.29, 1.82) is 0 Å². The molecule has 1 aliphatic carbocycles. The normalized spacial score (nSPS) is 22.2. The summed E-state index contributed by atoms with van der Waals surface area (Å²) < 4.78 is 1.97. The molecule has 6 nitrogen and oxygen atoms in total. The van der Waals surface area contributed by atoms with Gasteiger partial charge in [0.2, 0.25) is 0 Å². The number of piperidine rings is 1. The van der Waals surface area contributed by atoms with Crippen molar-refractivity contribution in [1.82, 2.24) is 14.7 Å². The number of nitrogens with zero attached hydrogens (tertiary/aromatic N) is 3. The Kier molecular flexibility index (Phi) is 3.94. The Morgan fingerprint density at radius 2 is 1.96 bits per heavy atom. The number of aromatic nitrogens is 2. The van der Waals surface area contributed by atoms with E-state index < -0.39 is 11.9 Å². The summed E-state index contributed by atoms with van der Waals surface area (Å²) >= 11 is 0. The van der Waals surface area contributed by atoms with E-state index in [1.165, 1.54) is 0 Å². The third-order valence-corrected chi connectivity index (χ3v) is 4.64. The Morgan fingerprint density at radius 3 is 2.52 bits per heavy atom. The Bertz CT molecular complexity index is 626. The van der Waals surface area contributed by atoms with Crippen LogP contribution in [0.4, 0.5) is 0 Å². The van der Waals surface area contributed by atoms with E-state index in [2.05, 4.69) is 25.9 Å². The van der Waals surface area contributed by atoms with Gasteiger partial charge < -0.3 is 10.0 Å². The quantitative estimate of drug-likeness (QED) is 0.928. The van der Waals surface area contributed by atoms with Gasteiger partial charge in [0.05, 0.1) is 11.5 Å². The molecule has 0 radical (unpaired) electrons. The first-order chi connectivity index (χ1) is 10.8. The van der Waals surface area contributed by atoms with Gasteiger partial charge in [-0.1, -0.05) is 0 Å². The molecule has 2 heterocycles. The summed E-state index contributed by atoms with van der Waals surface area (Å²) in [5.74, 6) is -0.904. The highest BCUT2D eigenvalue weighted by Crippen LogP contribution is 2.41. The molecule has 1 amide bonds. The van der Waals surface area contributed by atoms with Gasteiger partial charge in [0.15, 0.2) is 5.69 Å². The number of rotatable bonds is 3. The minimum absolute atomic E-state index is 0.138. The second kappa shape index (κ2) is 5.65. The topological polar surface area (TPSA) is 75.4 Å². The van der Waals surface area contributed by atoms with Crippen LogP contribution in [0, 0.1) is 5.92 Å². The van der Waals surface area contributed by atoms with Gasteiger partial charge in [-0.05, 0) is 52.5 Å². The van der Waals surface area contributed by atoms with E-state index in [0.717, 1.165) is 25.0 Å². The lowest BCUT2D eigenvalue weighted by molar-refractivity contribution is -0.143. The number of carbonyl (C=O) groups excluding carboxylic acids is 1. The molecule has 1 N–H and O–H groups in total. The van der Waals surface area contributed by atoms with Crippen molar-refractivity contribution in [3.05, 3.63) is 17.5 Å². The average Bonchev–Trinajstić information content (AvgIpc) is 3.23. The van der Waals surface area contributed by atoms with Crippen LogP contribution in [0.15, 0.2) is 6.07 Å². The molecular weight excluding hydrogens is 294 g/mol. The molecule has 0 bridgehead atoms. The van der Waals surface area contributed by atoms with E-state index in [9.17, 15) is 14.7 Å². The maximum Gasteiger partial charge on any atom is 0.308 e. The maximum absolute atomic E-state index is 12.8. The predicted octanol–water partition coefficient (Wildman–Crippen LogP) is 2.45. The molecule has 23 heavy (non-hydrogen) atoms. The lowest BCUT2D eigenvalue weighted by atomic mass is 9.98. The third-order valence-electron chi connectivity index (χ3n) is 4.64. The zero-order valence-electron chi connectivity index (χ0n) is 14.1. The highest BCUT2D eigenvalue weighted by Gasteiger charge is 2.34. The molecule has 0 aromatic carbocycles. The summed E-state index contributed by atoms with van der Waals surface area (Å²) in [4.78, 5) is 25.6. The monoisotopic (exact) mass is 319 g/mol.